The van der Waals surface area contributed by atoms with Crippen LogP contribution < -0.4 is 18.9 Å². The third-order valence-corrected chi connectivity index (χ3v) is 11.2. The molecule has 0 spiro atoms. The van der Waals surface area contributed by atoms with Gasteiger partial charge < -0.3 is 38.5 Å². The van der Waals surface area contributed by atoms with E-state index in [1.165, 1.54) is 6.08 Å². The van der Waals surface area contributed by atoms with Crippen LogP contribution in [0.4, 0.5) is 0 Å². The van der Waals surface area contributed by atoms with Crippen LogP contribution in [0.3, 0.4) is 0 Å². The number of benzene rings is 4. The molecule has 12 heteroatoms. The zero-order valence-corrected chi connectivity index (χ0v) is 35.5. The Hall–Kier alpha value is -6.58. The predicted octanol–water partition coefficient (Wildman–Crippen LogP) is 7.10. The maximum atomic E-state index is 13.9. The number of hydrogen-bond donors (Lipinski definition) is 0. The van der Waals surface area contributed by atoms with Gasteiger partial charge in [0.25, 0.3) is 5.91 Å². The zero-order valence-electron chi connectivity index (χ0n) is 35.5. The average molecular weight is 826 g/mol. The number of nitrogens with zero attached hydrogens (tertiary/aromatic N) is 5. The van der Waals surface area contributed by atoms with Crippen LogP contribution >= 0.6 is 0 Å². The van der Waals surface area contributed by atoms with Gasteiger partial charge in [0, 0.05) is 101 Å². The van der Waals surface area contributed by atoms with E-state index in [1.807, 2.05) is 90.8 Å². The Morgan fingerprint density at radius 2 is 1.26 bits per heavy atom. The molecule has 0 aliphatic carbocycles. The molecule has 0 N–H and O–H groups in total. The van der Waals surface area contributed by atoms with Gasteiger partial charge in [-0.25, -0.2) is 0 Å². The smallest absolute Gasteiger partial charge is 0.253 e. The Kier molecular flexibility index (Phi) is 15.2. The highest BCUT2D eigenvalue weighted by Gasteiger charge is 2.25. The van der Waals surface area contributed by atoms with Gasteiger partial charge in [0.1, 0.15) is 35.2 Å². The molecule has 12 nitrogen and oxygen atoms in total. The zero-order chi connectivity index (χ0) is 43.3. The van der Waals surface area contributed by atoms with Crippen molar-refractivity contribution in [2.45, 2.75) is 37.9 Å². The van der Waals surface area contributed by atoms with Crippen molar-refractivity contribution in [2.75, 3.05) is 74.1 Å². The van der Waals surface area contributed by atoms with Crippen molar-refractivity contribution in [1.29, 1.82) is 5.26 Å². The monoisotopic (exact) mass is 825 g/mol. The van der Waals surface area contributed by atoms with E-state index in [0.717, 1.165) is 22.3 Å². The Morgan fingerprint density at radius 1 is 0.738 bits per heavy atom. The van der Waals surface area contributed by atoms with Gasteiger partial charge in [-0.2, -0.15) is 5.26 Å². The molecule has 0 bridgehead atoms. The lowest BCUT2D eigenvalue weighted by molar-refractivity contribution is -0.128. The van der Waals surface area contributed by atoms with E-state index in [4.69, 9.17) is 18.9 Å². The van der Waals surface area contributed by atoms with Gasteiger partial charge >= 0.3 is 0 Å². The normalized spacial score (nSPS) is 14.7. The standard InChI is InChI=1S/C49H55N5O7/c1-6-47(55)53-22-17-40(18-23-53)61-42-32-37(44-13-8-10-15-46(44)59-5)30-38(33-42)49(57)52(3)27-26-51(2)21-11-16-48(56)54-24-19-39(20-25-54)60-41-29-35(34-50)28-36(31-41)43-12-7-9-14-45(43)58-4/h6-16,28-33,39-40H,1,17-27H2,2-5H3/b16-11+. The average Bonchev–Trinajstić information content (AvgIpc) is 3.30. The van der Waals surface area contributed by atoms with Crippen LogP contribution in [0.1, 0.15) is 41.6 Å². The van der Waals surface area contributed by atoms with E-state index in [-0.39, 0.29) is 29.9 Å². The number of likely N-dealkylation sites (tertiary alicyclic amines) is 2. The number of hydrogen-bond acceptors (Lipinski definition) is 9. The molecule has 6 rings (SSSR count). The maximum absolute atomic E-state index is 13.9. The Labute approximate surface area is 359 Å². The van der Waals surface area contributed by atoms with Crippen molar-refractivity contribution in [3.8, 4) is 51.3 Å². The second-order valence-electron chi connectivity index (χ2n) is 15.4. The van der Waals surface area contributed by atoms with E-state index in [9.17, 15) is 19.6 Å². The van der Waals surface area contributed by atoms with E-state index in [0.29, 0.717) is 106 Å². The number of amides is 3. The molecule has 318 valence electrons. The predicted molar refractivity (Wildman–Crippen MR) is 236 cm³/mol. The quantitative estimate of drug-likeness (QED) is 0.109. The lowest BCUT2D eigenvalue weighted by Crippen LogP contribution is -2.41. The van der Waals surface area contributed by atoms with Gasteiger partial charge in [-0.05, 0) is 72.8 Å². The van der Waals surface area contributed by atoms with Crippen LogP contribution in [0.25, 0.3) is 22.3 Å². The first-order chi connectivity index (χ1) is 29.6. The second-order valence-corrected chi connectivity index (χ2v) is 15.4. The van der Waals surface area contributed by atoms with Gasteiger partial charge in [-0.3, -0.25) is 14.4 Å². The fourth-order valence-corrected chi connectivity index (χ4v) is 7.67. The molecular weight excluding hydrogens is 771 g/mol. The van der Waals surface area contributed by atoms with Crippen LogP contribution in [0, 0.1) is 11.3 Å². The summed E-state index contributed by atoms with van der Waals surface area (Å²) in [7, 11) is 6.99. The number of nitriles is 1. The molecule has 0 atom stereocenters. The molecule has 0 saturated carbocycles. The maximum Gasteiger partial charge on any atom is 0.253 e. The first-order valence-corrected chi connectivity index (χ1v) is 20.7. The van der Waals surface area contributed by atoms with Crippen LogP contribution in [0.2, 0.25) is 0 Å². The number of likely N-dealkylation sites (N-methyl/N-ethyl adjacent to an activating group) is 2. The highest BCUT2D eigenvalue weighted by molar-refractivity contribution is 5.96. The van der Waals surface area contributed by atoms with E-state index < -0.39 is 0 Å². The summed E-state index contributed by atoms with van der Waals surface area (Å²) in [5.74, 6) is 2.33. The summed E-state index contributed by atoms with van der Waals surface area (Å²) >= 11 is 0. The summed E-state index contributed by atoms with van der Waals surface area (Å²) in [5.41, 5.74) is 4.37. The van der Waals surface area contributed by atoms with Crippen molar-refractivity contribution in [2.24, 2.45) is 0 Å². The van der Waals surface area contributed by atoms with E-state index >= 15 is 0 Å². The van der Waals surface area contributed by atoms with Crippen molar-refractivity contribution in [1.82, 2.24) is 19.6 Å². The fraction of sp³-hybridized carbons (Fsp3) is 0.347. The molecule has 2 aliphatic heterocycles. The SMILES string of the molecule is C=CC(=O)N1CCC(Oc2cc(C(=O)N(C)CCN(C)C/C=C/C(=O)N3CCC(Oc4cc(C#N)cc(-c5ccccc5OC)c4)CC3)cc(-c3ccccc3OC)c2)CC1. The third kappa shape index (κ3) is 11.6. The third-order valence-electron chi connectivity index (χ3n) is 11.2. The topological polar surface area (TPSA) is 125 Å². The Balaban J connectivity index is 0.996. The molecule has 3 amide bonds. The van der Waals surface area contributed by atoms with Gasteiger partial charge in [-0.15, -0.1) is 0 Å². The summed E-state index contributed by atoms with van der Waals surface area (Å²) in [6.45, 7) is 7.48. The van der Waals surface area contributed by atoms with Crippen LogP contribution in [0.5, 0.6) is 23.0 Å². The second kappa shape index (κ2) is 21.1. The summed E-state index contributed by atoms with van der Waals surface area (Å²) < 4.78 is 24.0. The Morgan fingerprint density at radius 3 is 1.80 bits per heavy atom. The molecular formula is C49H55N5O7. The Bertz CT molecular complexity index is 2250. The number of ether oxygens (including phenoxy) is 4. The molecule has 61 heavy (non-hydrogen) atoms. The minimum Gasteiger partial charge on any atom is -0.496 e. The molecule has 0 unspecified atom stereocenters. The largest absolute Gasteiger partial charge is 0.496 e. The van der Waals surface area contributed by atoms with Crippen molar-refractivity contribution < 1.29 is 33.3 Å². The first-order valence-electron chi connectivity index (χ1n) is 20.7. The number of piperidine rings is 2. The highest BCUT2D eigenvalue weighted by Crippen LogP contribution is 2.35. The molecule has 0 aromatic heterocycles. The van der Waals surface area contributed by atoms with Gasteiger partial charge in [0.05, 0.1) is 25.9 Å². The van der Waals surface area contributed by atoms with Crippen molar-refractivity contribution in [3.63, 3.8) is 0 Å². The minimum atomic E-state index is -0.144. The van der Waals surface area contributed by atoms with E-state index in [2.05, 4.69) is 17.5 Å². The number of rotatable bonds is 16. The van der Waals surface area contributed by atoms with Gasteiger partial charge in [-0.1, -0.05) is 49.1 Å². The number of methoxy groups -OCH3 is 2. The van der Waals surface area contributed by atoms with Crippen LogP contribution in [0.15, 0.2) is 110 Å². The molecule has 2 heterocycles. The van der Waals surface area contributed by atoms with Gasteiger partial charge in [0.15, 0.2) is 0 Å². The number of carbonyl (C=O) groups is 3. The van der Waals surface area contributed by atoms with Gasteiger partial charge in [0.2, 0.25) is 11.8 Å². The van der Waals surface area contributed by atoms with Crippen molar-refractivity contribution >= 4 is 17.7 Å². The summed E-state index contributed by atoms with van der Waals surface area (Å²) in [6.07, 6.45) is 7.33. The molecule has 0 radical (unpaired) electrons. The minimum absolute atomic E-state index is 0.0483. The summed E-state index contributed by atoms with van der Waals surface area (Å²) in [4.78, 5) is 46.5. The summed E-state index contributed by atoms with van der Waals surface area (Å²) in [5, 5.41) is 9.69. The molecule has 2 aliphatic rings. The molecule has 4 aromatic carbocycles. The number of para-hydroxylation sites is 2. The lowest BCUT2D eigenvalue weighted by Gasteiger charge is -2.31. The van der Waals surface area contributed by atoms with Crippen LogP contribution in [-0.2, 0) is 9.59 Å². The highest BCUT2D eigenvalue weighted by atomic mass is 16.5. The van der Waals surface area contributed by atoms with Crippen molar-refractivity contribution in [3.05, 3.63) is 121 Å². The van der Waals surface area contributed by atoms with E-state index in [1.54, 1.807) is 49.3 Å². The molecule has 4 aromatic rings. The lowest BCUT2D eigenvalue weighted by atomic mass is 10.0. The molecule has 2 saturated heterocycles. The molecule has 2 fully saturated rings. The summed E-state index contributed by atoms with van der Waals surface area (Å²) in [6, 6.07) is 28.7. The van der Waals surface area contributed by atoms with Crippen LogP contribution in [-0.4, -0.2) is 124 Å². The fourth-order valence-electron chi connectivity index (χ4n) is 7.67. The first kappa shape index (κ1) is 44.0. The number of carbonyl (C=O) groups excluding carboxylic acids is 3.